The second kappa shape index (κ2) is 5.68. The molecule has 1 aromatic carbocycles. The monoisotopic (exact) mass is 247 g/mol. The third kappa shape index (κ3) is 3.20. The topological polar surface area (TPSA) is 50.9 Å². The Morgan fingerprint density at radius 3 is 2.71 bits per heavy atom. The molecule has 0 saturated heterocycles. The van der Waals surface area contributed by atoms with E-state index >= 15 is 0 Å². The predicted molar refractivity (Wildman–Crippen MR) is 74.5 cm³/mol. The third-order valence-corrected chi connectivity index (χ3v) is 3.65. The number of hydrogen-bond donors (Lipinski definition) is 2. The number of nitrogens with zero attached hydrogens (tertiary/aromatic N) is 1. The zero-order valence-corrected chi connectivity index (χ0v) is 10.8. The second-order valence-electron chi connectivity index (χ2n) is 4.04. The van der Waals surface area contributed by atoms with E-state index in [9.17, 15) is 0 Å². The van der Waals surface area contributed by atoms with Gasteiger partial charge in [-0.05, 0) is 36.9 Å². The molecule has 3 N–H and O–H groups in total. The molecule has 4 heteroatoms. The van der Waals surface area contributed by atoms with E-state index in [1.165, 1.54) is 17.1 Å². The van der Waals surface area contributed by atoms with Gasteiger partial charge < -0.3 is 11.1 Å². The largest absolute Gasteiger partial charge is 0.383 e. The molecule has 0 bridgehead atoms. The molecule has 0 fully saturated rings. The Bertz CT molecular complexity index is 465. The maximum absolute atomic E-state index is 5.70. The van der Waals surface area contributed by atoms with E-state index in [1.54, 1.807) is 0 Å². The van der Waals surface area contributed by atoms with E-state index in [0.29, 0.717) is 5.82 Å². The first-order valence-electron chi connectivity index (χ1n) is 5.77. The van der Waals surface area contributed by atoms with Crippen LogP contribution in [-0.4, -0.2) is 10.9 Å². The summed E-state index contributed by atoms with van der Waals surface area (Å²) >= 11 is 1.44. The molecule has 0 unspecified atom stereocenters. The zero-order chi connectivity index (χ0) is 12.1. The molecule has 90 valence electrons. The van der Waals surface area contributed by atoms with E-state index in [1.807, 2.05) is 13.0 Å². The molecule has 0 spiro atoms. The highest BCUT2D eigenvalue weighted by atomic mass is 32.1. The number of rotatable bonds is 5. The number of hydrogen-bond acceptors (Lipinski definition) is 4. The normalized spacial score (nSPS) is 10.4. The summed E-state index contributed by atoms with van der Waals surface area (Å²) in [6.45, 7) is 2.95. The first-order valence-corrected chi connectivity index (χ1v) is 6.54. The molecule has 1 aromatic heterocycles. The number of nitrogens with two attached hydrogens (primary N) is 1. The van der Waals surface area contributed by atoms with Crippen LogP contribution in [0, 0.1) is 6.92 Å². The average Bonchev–Trinajstić information content (AvgIpc) is 2.67. The molecule has 0 aliphatic rings. The number of anilines is 2. The molecular formula is C13H17N3S. The van der Waals surface area contributed by atoms with Crippen molar-refractivity contribution in [2.24, 2.45) is 0 Å². The van der Waals surface area contributed by atoms with Crippen molar-refractivity contribution in [1.82, 2.24) is 4.37 Å². The molecule has 17 heavy (non-hydrogen) atoms. The maximum Gasteiger partial charge on any atom is 0.142 e. The molecular weight excluding hydrogens is 230 g/mol. The van der Waals surface area contributed by atoms with Gasteiger partial charge in [-0.15, -0.1) is 0 Å². The van der Waals surface area contributed by atoms with Crippen LogP contribution in [0.2, 0.25) is 0 Å². The predicted octanol–water partition coefficient (Wildman–Crippen LogP) is 3.08. The molecule has 0 amide bonds. The molecule has 0 aliphatic heterocycles. The molecule has 3 nitrogen and oxygen atoms in total. The Morgan fingerprint density at radius 2 is 2.06 bits per heavy atom. The summed E-state index contributed by atoms with van der Waals surface area (Å²) in [7, 11) is 0. The van der Waals surface area contributed by atoms with Crippen LogP contribution in [0.1, 0.15) is 17.5 Å². The Morgan fingerprint density at radius 1 is 1.29 bits per heavy atom. The molecule has 0 radical (unpaired) electrons. The van der Waals surface area contributed by atoms with Crippen LogP contribution in [0.4, 0.5) is 10.8 Å². The quantitative estimate of drug-likeness (QED) is 0.798. The molecule has 2 aromatic rings. The lowest BCUT2D eigenvalue weighted by atomic mass is 10.1. The van der Waals surface area contributed by atoms with Gasteiger partial charge in [-0.1, -0.05) is 30.3 Å². The van der Waals surface area contributed by atoms with Crippen molar-refractivity contribution < 1.29 is 0 Å². The van der Waals surface area contributed by atoms with Crippen molar-refractivity contribution in [2.45, 2.75) is 19.8 Å². The smallest absolute Gasteiger partial charge is 0.142 e. The Kier molecular flexibility index (Phi) is 3.98. The lowest BCUT2D eigenvalue weighted by molar-refractivity contribution is 0.864. The first kappa shape index (κ1) is 11.9. The lowest BCUT2D eigenvalue weighted by Gasteiger charge is -2.04. The van der Waals surface area contributed by atoms with E-state index in [-0.39, 0.29) is 0 Å². The zero-order valence-electron chi connectivity index (χ0n) is 9.94. The van der Waals surface area contributed by atoms with Crippen molar-refractivity contribution in [3.8, 4) is 0 Å². The van der Waals surface area contributed by atoms with Crippen LogP contribution >= 0.6 is 11.5 Å². The maximum atomic E-state index is 5.70. The van der Waals surface area contributed by atoms with E-state index in [2.05, 4.69) is 34.0 Å². The Balaban J connectivity index is 1.75. The molecule has 0 atom stereocenters. The van der Waals surface area contributed by atoms with Crippen LogP contribution in [-0.2, 0) is 6.42 Å². The van der Waals surface area contributed by atoms with Crippen molar-refractivity contribution in [2.75, 3.05) is 17.6 Å². The molecule has 0 aliphatic carbocycles. The van der Waals surface area contributed by atoms with Gasteiger partial charge in [-0.2, -0.15) is 4.37 Å². The SMILES string of the molecule is Cc1c(N)nsc1NCCCc1ccccc1. The summed E-state index contributed by atoms with van der Waals surface area (Å²) in [5, 5.41) is 4.47. The van der Waals surface area contributed by atoms with Crippen LogP contribution < -0.4 is 11.1 Å². The van der Waals surface area contributed by atoms with Gasteiger partial charge in [0.05, 0.1) is 0 Å². The molecule has 0 saturated carbocycles. The average molecular weight is 247 g/mol. The van der Waals surface area contributed by atoms with Gasteiger partial charge in [0.2, 0.25) is 0 Å². The summed E-state index contributed by atoms with van der Waals surface area (Å²) in [6.07, 6.45) is 2.21. The summed E-state index contributed by atoms with van der Waals surface area (Å²) in [4.78, 5) is 0. The van der Waals surface area contributed by atoms with Crippen LogP contribution in [0.15, 0.2) is 30.3 Å². The van der Waals surface area contributed by atoms with Crippen LogP contribution in [0.5, 0.6) is 0 Å². The van der Waals surface area contributed by atoms with Crippen LogP contribution in [0.3, 0.4) is 0 Å². The molecule has 2 rings (SSSR count). The molecule has 1 heterocycles. The van der Waals surface area contributed by atoms with Gasteiger partial charge in [-0.3, -0.25) is 0 Å². The third-order valence-electron chi connectivity index (χ3n) is 2.73. The minimum Gasteiger partial charge on any atom is -0.383 e. The number of benzene rings is 1. The van der Waals surface area contributed by atoms with E-state index in [0.717, 1.165) is 30.0 Å². The van der Waals surface area contributed by atoms with E-state index in [4.69, 9.17) is 5.73 Å². The van der Waals surface area contributed by atoms with Crippen LogP contribution in [0.25, 0.3) is 0 Å². The van der Waals surface area contributed by atoms with Gasteiger partial charge >= 0.3 is 0 Å². The number of nitrogen functional groups attached to an aromatic ring is 1. The fraction of sp³-hybridized carbons (Fsp3) is 0.308. The number of nitrogens with one attached hydrogen (secondary N) is 1. The summed E-state index contributed by atoms with van der Waals surface area (Å²) in [6, 6.07) is 10.5. The van der Waals surface area contributed by atoms with Gasteiger partial charge in [0.1, 0.15) is 10.8 Å². The van der Waals surface area contributed by atoms with Crippen molar-refractivity contribution in [1.29, 1.82) is 0 Å². The lowest BCUT2D eigenvalue weighted by Crippen LogP contribution is -2.02. The van der Waals surface area contributed by atoms with Gasteiger partial charge in [0, 0.05) is 12.1 Å². The fourth-order valence-electron chi connectivity index (χ4n) is 1.65. The van der Waals surface area contributed by atoms with Crippen molar-refractivity contribution in [3.05, 3.63) is 41.5 Å². The fourth-order valence-corrected chi connectivity index (χ4v) is 2.39. The van der Waals surface area contributed by atoms with Gasteiger partial charge in [0.25, 0.3) is 0 Å². The summed E-state index contributed by atoms with van der Waals surface area (Å²) < 4.78 is 4.11. The number of aromatic nitrogens is 1. The number of aryl methyl sites for hydroxylation is 1. The minimum atomic E-state index is 0.639. The standard InChI is InChI=1S/C13H17N3S/c1-10-12(14)16-17-13(10)15-9-5-8-11-6-3-2-4-7-11/h2-4,6-7,15H,5,8-9H2,1H3,(H2,14,16). The summed E-state index contributed by atoms with van der Waals surface area (Å²) in [5.74, 6) is 0.639. The summed E-state index contributed by atoms with van der Waals surface area (Å²) in [5.41, 5.74) is 8.14. The second-order valence-corrected chi connectivity index (χ2v) is 4.81. The Hall–Kier alpha value is -1.55. The minimum absolute atomic E-state index is 0.639. The Labute approximate surface area is 106 Å². The van der Waals surface area contributed by atoms with E-state index < -0.39 is 0 Å². The highest BCUT2D eigenvalue weighted by Crippen LogP contribution is 2.25. The highest BCUT2D eigenvalue weighted by molar-refractivity contribution is 7.10. The van der Waals surface area contributed by atoms with Crippen molar-refractivity contribution in [3.63, 3.8) is 0 Å². The van der Waals surface area contributed by atoms with Crippen molar-refractivity contribution >= 4 is 22.4 Å². The van der Waals surface area contributed by atoms with Gasteiger partial charge in [0.15, 0.2) is 0 Å². The highest BCUT2D eigenvalue weighted by Gasteiger charge is 2.04. The first-order chi connectivity index (χ1) is 8.27. The van der Waals surface area contributed by atoms with Gasteiger partial charge in [-0.25, -0.2) is 0 Å².